The predicted octanol–water partition coefficient (Wildman–Crippen LogP) is 6.18. The summed E-state index contributed by atoms with van der Waals surface area (Å²) in [6.45, 7) is 0.425. The fourth-order valence-corrected chi connectivity index (χ4v) is 4.77. The number of benzene rings is 2. The van der Waals surface area contributed by atoms with Gasteiger partial charge >= 0.3 is 12.3 Å². The summed E-state index contributed by atoms with van der Waals surface area (Å²) in [5, 5.41) is 21.2. The third-order valence-corrected chi connectivity index (χ3v) is 6.84. The van der Waals surface area contributed by atoms with Gasteiger partial charge in [0.15, 0.2) is 0 Å². The molecule has 0 amide bonds. The van der Waals surface area contributed by atoms with Crippen molar-refractivity contribution in [3.05, 3.63) is 68.8 Å². The van der Waals surface area contributed by atoms with Crippen LogP contribution in [0.15, 0.2) is 48.5 Å². The first kappa shape index (κ1) is 28.7. The molecule has 0 unspecified atom stereocenters. The lowest BCUT2D eigenvalue weighted by atomic mass is 10.3. The van der Waals surface area contributed by atoms with Gasteiger partial charge in [-0.3, -0.25) is 20.2 Å². The average molecular weight is 541 g/mol. The number of unbranched alkanes of at least 4 members (excludes halogenated alkanes) is 2. The van der Waals surface area contributed by atoms with E-state index in [0.717, 1.165) is 24.3 Å². The molecule has 0 fully saturated rings. The van der Waals surface area contributed by atoms with E-state index in [0.29, 0.717) is 12.8 Å². The van der Waals surface area contributed by atoms with E-state index in [-0.39, 0.29) is 36.1 Å². The monoisotopic (exact) mass is 540 g/mol. The molecule has 0 atom stereocenters. The van der Waals surface area contributed by atoms with Crippen molar-refractivity contribution in [1.29, 1.82) is 0 Å². The molecule has 0 saturated carbocycles. The minimum atomic E-state index is -0.857. The Balaban J connectivity index is 1.39. The van der Waals surface area contributed by atoms with Crippen LogP contribution in [-0.2, 0) is 9.47 Å². The number of carbonyl (C=O) groups is 2. The Hall–Kier alpha value is -3.52. The first-order valence-corrected chi connectivity index (χ1v) is 13.3. The number of carbonyl (C=O) groups excluding carboxylic acids is 2. The smallest absolute Gasteiger partial charge is 0.434 e. The van der Waals surface area contributed by atoms with Gasteiger partial charge in [-0.1, -0.05) is 21.6 Å². The normalized spacial score (nSPS) is 10.3. The van der Waals surface area contributed by atoms with E-state index >= 15 is 0 Å². The lowest BCUT2D eigenvalue weighted by molar-refractivity contribution is -0.385. The molecular formula is C22H24N2O10S2. The number of nitro groups is 2. The Kier molecular flexibility index (Phi) is 12.9. The molecule has 0 spiro atoms. The zero-order valence-electron chi connectivity index (χ0n) is 19.1. The van der Waals surface area contributed by atoms with E-state index in [1.165, 1.54) is 48.5 Å². The lowest BCUT2D eigenvalue weighted by Gasteiger charge is -2.06. The van der Waals surface area contributed by atoms with Crippen LogP contribution in [0.1, 0.15) is 25.7 Å². The number of rotatable bonds is 15. The molecule has 2 aromatic carbocycles. The summed E-state index contributed by atoms with van der Waals surface area (Å²) in [5.74, 6) is 2.10. The summed E-state index contributed by atoms with van der Waals surface area (Å²) >= 11 is 0. The number of nitro benzene ring substituents is 2. The van der Waals surface area contributed by atoms with Crippen molar-refractivity contribution in [2.45, 2.75) is 25.7 Å². The summed E-state index contributed by atoms with van der Waals surface area (Å²) in [7, 11) is 3.39. The second kappa shape index (κ2) is 16.2. The summed E-state index contributed by atoms with van der Waals surface area (Å²) in [4.78, 5) is 43.3. The molecule has 0 aromatic heterocycles. The minimum absolute atomic E-state index is 0.0963. The Bertz CT molecular complexity index is 921. The van der Waals surface area contributed by atoms with Gasteiger partial charge in [0.25, 0.3) is 11.4 Å². The number of non-ortho nitro benzene ring substituents is 2. The van der Waals surface area contributed by atoms with Gasteiger partial charge in [-0.2, -0.15) is 0 Å². The summed E-state index contributed by atoms with van der Waals surface area (Å²) in [6, 6.07) is 10.3. The largest absolute Gasteiger partial charge is 0.513 e. The highest BCUT2D eigenvalue weighted by Crippen LogP contribution is 2.24. The van der Waals surface area contributed by atoms with Gasteiger partial charge in [0.1, 0.15) is 11.5 Å². The van der Waals surface area contributed by atoms with Crippen molar-refractivity contribution in [1.82, 2.24) is 0 Å². The average Bonchev–Trinajstić information content (AvgIpc) is 2.85. The van der Waals surface area contributed by atoms with Crippen LogP contribution in [-0.4, -0.2) is 46.9 Å². The molecular weight excluding hydrogens is 516 g/mol. The standard InChI is InChI=1S/C22H24N2O10S2/c25-21(33-19-9-5-17(6-10-19)23(27)28)31-13-1-3-15-35-36-16-4-2-14-32-22(26)34-20-11-7-18(8-12-20)24(29)30/h5-12H,1-4,13-16H2. The fourth-order valence-electron chi connectivity index (χ4n) is 2.48. The highest BCUT2D eigenvalue weighted by atomic mass is 33.1. The van der Waals surface area contributed by atoms with Crippen molar-refractivity contribution >= 4 is 45.3 Å². The molecule has 2 rings (SSSR count). The Morgan fingerprint density at radius 1 is 0.639 bits per heavy atom. The molecule has 194 valence electrons. The van der Waals surface area contributed by atoms with Crippen LogP contribution in [0, 0.1) is 20.2 Å². The van der Waals surface area contributed by atoms with Crippen molar-refractivity contribution in [3.63, 3.8) is 0 Å². The van der Waals surface area contributed by atoms with Crippen LogP contribution >= 0.6 is 21.6 Å². The van der Waals surface area contributed by atoms with E-state index in [2.05, 4.69) is 0 Å². The highest BCUT2D eigenvalue weighted by Gasteiger charge is 2.10. The van der Waals surface area contributed by atoms with E-state index in [9.17, 15) is 29.8 Å². The third-order valence-electron chi connectivity index (χ3n) is 4.26. The lowest BCUT2D eigenvalue weighted by Crippen LogP contribution is -2.11. The van der Waals surface area contributed by atoms with Crippen LogP contribution in [0.4, 0.5) is 21.0 Å². The molecule has 0 aliphatic carbocycles. The first-order chi connectivity index (χ1) is 17.3. The number of hydrogen-bond acceptors (Lipinski definition) is 12. The second-order valence-electron chi connectivity index (χ2n) is 6.96. The molecule has 0 bridgehead atoms. The highest BCUT2D eigenvalue weighted by molar-refractivity contribution is 8.76. The molecule has 0 N–H and O–H groups in total. The Morgan fingerprint density at radius 2 is 1.00 bits per heavy atom. The molecule has 0 heterocycles. The maximum Gasteiger partial charge on any atom is 0.513 e. The number of nitrogens with zero attached hydrogens (tertiary/aromatic N) is 2. The Morgan fingerprint density at radius 3 is 1.33 bits per heavy atom. The topological polar surface area (TPSA) is 157 Å². The van der Waals surface area contributed by atoms with E-state index in [4.69, 9.17) is 18.9 Å². The zero-order chi connectivity index (χ0) is 26.2. The van der Waals surface area contributed by atoms with E-state index in [1.54, 1.807) is 21.6 Å². The molecule has 14 heteroatoms. The molecule has 0 saturated heterocycles. The van der Waals surface area contributed by atoms with Gasteiger partial charge in [0.05, 0.1) is 23.1 Å². The van der Waals surface area contributed by atoms with E-state index < -0.39 is 22.2 Å². The van der Waals surface area contributed by atoms with Crippen molar-refractivity contribution in [3.8, 4) is 11.5 Å². The molecule has 0 aliphatic heterocycles. The minimum Gasteiger partial charge on any atom is -0.434 e. The summed E-state index contributed by atoms with van der Waals surface area (Å²) in [5.41, 5.74) is -0.193. The SMILES string of the molecule is O=C(OCCCCSSCCCCOC(=O)Oc1ccc([N+](=O)[O-])cc1)Oc1ccc([N+](=O)[O-])cc1. The summed E-state index contributed by atoms with van der Waals surface area (Å²) in [6.07, 6.45) is 1.33. The van der Waals surface area contributed by atoms with Gasteiger partial charge in [0, 0.05) is 35.8 Å². The molecule has 36 heavy (non-hydrogen) atoms. The molecule has 0 aliphatic rings. The second-order valence-corrected chi connectivity index (χ2v) is 9.66. The van der Waals surface area contributed by atoms with Crippen molar-refractivity contribution in [2.24, 2.45) is 0 Å². The van der Waals surface area contributed by atoms with Gasteiger partial charge in [0.2, 0.25) is 0 Å². The van der Waals surface area contributed by atoms with Gasteiger partial charge < -0.3 is 18.9 Å². The fraction of sp³-hybridized carbons (Fsp3) is 0.364. The van der Waals surface area contributed by atoms with Crippen LogP contribution in [0.25, 0.3) is 0 Å². The maximum absolute atomic E-state index is 11.6. The van der Waals surface area contributed by atoms with Crippen molar-refractivity contribution < 1.29 is 38.4 Å². The van der Waals surface area contributed by atoms with Crippen LogP contribution in [0.2, 0.25) is 0 Å². The molecule has 0 radical (unpaired) electrons. The zero-order valence-corrected chi connectivity index (χ0v) is 20.7. The summed E-state index contributed by atoms with van der Waals surface area (Å²) < 4.78 is 19.8. The van der Waals surface area contributed by atoms with E-state index in [1.807, 2.05) is 0 Å². The molecule has 2 aromatic rings. The van der Waals surface area contributed by atoms with Crippen molar-refractivity contribution in [2.75, 3.05) is 24.7 Å². The quantitative estimate of drug-likeness (QED) is 0.0632. The predicted molar refractivity (Wildman–Crippen MR) is 134 cm³/mol. The first-order valence-electron chi connectivity index (χ1n) is 10.8. The van der Waals surface area contributed by atoms with Crippen LogP contribution < -0.4 is 9.47 Å². The van der Waals surface area contributed by atoms with Gasteiger partial charge in [-0.25, -0.2) is 9.59 Å². The number of ether oxygens (including phenoxy) is 4. The van der Waals surface area contributed by atoms with Crippen LogP contribution in [0.5, 0.6) is 11.5 Å². The Labute approximate surface area is 214 Å². The van der Waals surface area contributed by atoms with Crippen LogP contribution in [0.3, 0.4) is 0 Å². The van der Waals surface area contributed by atoms with Gasteiger partial charge in [-0.05, 0) is 49.9 Å². The number of hydrogen-bond donors (Lipinski definition) is 0. The maximum atomic E-state index is 11.6. The third kappa shape index (κ3) is 11.8. The molecule has 12 nitrogen and oxygen atoms in total. The van der Waals surface area contributed by atoms with Gasteiger partial charge in [-0.15, -0.1) is 0 Å².